The molecular weight excluding hydrogens is 202 g/mol. The van der Waals surface area contributed by atoms with Crippen molar-refractivity contribution >= 4 is 0 Å². The molecule has 0 aliphatic heterocycles. The maximum atomic E-state index is 5.59. The molecule has 1 N–H and O–H groups in total. The van der Waals surface area contributed by atoms with Crippen LogP contribution >= 0.6 is 0 Å². The Balaban J connectivity index is 1.66. The van der Waals surface area contributed by atoms with Gasteiger partial charge in [-0.3, -0.25) is 0 Å². The Labute approximate surface area is 96.8 Å². The summed E-state index contributed by atoms with van der Waals surface area (Å²) in [5.41, 5.74) is 0. The van der Waals surface area contributed by atoms with Crippen LogP contribution in [-0.4, -0.2) is 22.8 Å². The van der Waals surface area contributed by atoms with Gasteiger partial charge in [0.15, 0.2) is 0 Å². The van der Waals surface area contributed by atoms with Crippen molar-refractivity contribution < 1.29 is 4.42 Å². The molecule has 1 saturated carbocycles. The third-order valence-electron chi connectivity index (χ3n) is 2.79. The first-order valence-electron chi connectivity index (χ1n) is 6.28. The predicted molar refractivity (Wildman–Crippen MR) is 62.2 cm³/mol. The molecule has 0 bridgehead atoms. The summed E-state index contributed by atoms with van der Waals surface area (Å²) in [5.74, 6) is 2.44. The molecule has 1 heterocycles. The molecule has 1 aliphatic rings. The van der Waals surface area contributed by atoms with E-state index in [-0.39, 0.29) is 0 Å². The smallest absolute Gasteiger partial charge is 0.216 e. The summed E-state index contributed by atoms with van der Waals surface area (Å²) >= 11 is 0. The highest BCUT2D eigenvalue weighted by Gasteiger charge is 2.24. The van der Waals surface area contributed by atoms with Gasteiger partial charge in [0.05, 0.1) is 0 Å². The molecule has 0 amide bonds. The zero-order valence-electron chi connectivity index (χ0n) is 10.2. The van der Waals surface area contributed by atoms with Crippen LogP contribution in [0.25, 0.3) is 0 Å². The molecule has 4 nitrogen and oxygen atoms in total. The van der Waals surface area contributed by atoms with Crippen LogP contribution in [0.2, 0.25) is 0 Å². The summed E-state index contributed by atoms with van der Waals surface area (Å²) in [6.45, 7) is 5.32. The molecule has 1 aromatic heterocycles. The van der Waals surface area contributed by atoms with E-state index in [0.29, 0.717) is 6.04 Å². The molecule has 0 saturated heterocycles. The van der Waals surface area contributed by atoms with E-state index in [4.69, 9.17) is 4.42 Å². The molecule has 0 aromatic carbocycles. The third-order valence-corrected chi connectivity index (χ3v) is 2.79. The molecule has 0 atom stereocenters. The Morgan fingerprint density at radius 2 is 2.06 bits per heavy atom. The second kappa shape index (κ2) is 5.43. The van der Waals surface area contributed by atoms with Crippen LogP contribution < -0.4 is 5.32 Å². The summed E-state index contributed by atoms with van der Waals surface area (Å²) < 4.78 is 5.59. The van der Waals surface area contributed by atoms with E-state index in [9.17, 15) is 0 Å². The quantitative estimate of drug-likeness (QED) is 0.718. The molecule has 90 valence electrons. The van der Waals surface area contributed by atoms with Gasteiger partial charge in [-0.25, -0.2) is 0 Å². The topological polar surface area (TPSA) is 51.0 Å². The van der Waals surface area contributed by atoms with Gasteiger partial charge in [-0.1, -0.05) is 13.8 Å². The average Bonchev–Trinajstić information content (AvgIpc) is 2.92. The largest absolute Gasteiger partial charge is 0.425 e. The summed E-state index contributed by atoms with van der Waals surface area (Å²) in [5, 5.41) is 11.5. The molecule has 0 unspecified atom stereocenters. The fourth-order valence-electron chi connectivity index (χ4n) is 1.67. The van der Waals surface area contributed by atoms with Gasteiger partial charge in [-0.15, -0.1) is 10.2 Å². The second-order valence-corrected chi connectivity index (χ2v) is 4.95. The molecule has 1 aromatic rings. The number of nitrogens with zero attached hydrogens (tertiary/aromatic N) is 2. The van der Waals surface area contributed by atoms with Gasteiger partial charge in [0, 0.05) is 18.9 Å². The number of nitrogens with one attached hydrogen (secondary N) is 1. The fraction of sp³-hybridized carbons (Fsp3) is 0.833. The maximum Gasteiger partial charge on any atom is 0.216 e. The van der Waals surface area contributed by atoms with Crippen molar-refractivity contribution in [3.8, 4) is 0 Å². The Morgan fingerprint density at radius 3 is 2.75 bits per heavy atom. The summed E-state index contributed by atoms with van der Waals surface area (Å²) in [7, 11) is 0. The first kappa shape index (κ1) is 11.6. The molecule has 0 spiro atoms. The average molecular weight is 223 g/mol. The van der Waals surface area contributed by atoms with E-state index < -0.39 is 0 Å². The first-order valence-corrected chi connectivity index (χ1v) is 6.28. The highest BCUT2D eigenvalue weighted by atomic mass is 16.4. The number of hydrogen-bond donors (Lipinski definition) is 1. The lowest BCUT2D eigenvalue weighted by Crippen LogP contribution is -2.23. The van der Waals surface area contributed by atoms with Gasteiger partial charge in [0.2, 0.25) is 11.8 Å². The number of aryl methyl sites for hydroxylation is 1. The zero-order valence-corrected chi connectivity index (χ0v) is 10.2. The van der Waals surface area contributed by atoms with E-state index in [0.717, 1.165) is 43.5 Å². The molecule has 0 radical (unpaired) electrons. The van der Waals surface area contributed by atoms with Crippen molar-refractivity contribution in [2.24, 2.45) is 5.92 Å². The highest BCUT2D eigenvalue weighted by molar-refractivity contribution is 4.88. The Hall–Kier alpha value is -0.900. The van der Waals surface area contributed by atoms with Gasteiger partial charge in [-0.05, 0) is 31.7 Å². The zero-order chi connectivity index (χ0) is 11.4. The number of rotatable bonds is 7. The molecule has 1 fully saturated rings. The van der Waals surface area contributed by atoms with Crippen molar-refractivity contribution in [1.29, 1.82) is 0 Å². The van der Waals surface area contributed by atoms with Crippen molar-refractivity contribution in [2.45, 2.75) is 52.0 Å². The van der Waals surface area contributed by atoms with E-state index >= 15 is 0 Å². The van der Waals surface area contributed by atoms with E-state index in [1.54, 1.807) is 0 Å². The van der Waals surface area contributed by atoms with Gasteiger partial charge >= 0.3 is 0 Å². The summed E-state index contributed by atoms with van der Waals surface area (Å²) in [6.07, 6.45) is 5.59. The minimum atomic E-state index is 0.549. The minimum Gasteiger partial charge on any atom is -0.425 e. The van der Waals surface area contributed by atoms with Crippen molar-refractivity contribution in [3.05, 3.63) is 11.8 Å². The van der Waals surface area contributed by atoms with Crippen LogP contribution in [0.5, 0.6) is 0 Å². The van der Waals surface area contributed by atoms with Crippen molar-refractivity contribution in [1.82, 2.24) is 15.5 Å². The standard InChI is InChI=1S/C12H21N3O/c1-9(2)13-7-3-4-11-14-15-12(16-11)8-10-5-6-10/h9-10,13H,3-8H2,1-2H3. The van der Waals surface area contributed by atoms with Gasteiger partial charge in [0.1, 0.15) is 0 Å². The van der Waals surface area contributed by atoms with Crippen molar-refractivity contribution in [3.63, 3.8) is 0 Å². The Kier molecular flexibility index (Phi) is 3.93. The predicted octanol–water partition coefficient (Wildman–Crippen LogP) is 1.95. The lowest BCUT2D eigenvalue weighted by Gasteiger charge is -2.05. The van der Waals surface area contributed by atoms with Gasteiger partial charge in [-0.2, -0.15) is 0 Å². The monoisotopic (exact) mass is 223 g/mol. The van der Waals surface area contributed by atoms with E-state index in [2.05, 4.69) is 29.4 Å². The normalized spacial score (nSPS) is 15.9. The highest BCUT2D eigenvalue weighted by Crippen LogP contribution is 2.32. The van der Waals surface area contributed by atoms with Crippen LogP contribution in [-0.2, 0) is 12.8 Å². The minimum absolute atomic E-state index is 0.549. The third kappa shape index (κ3) is 3.93. The second-order valence-electron chi connectivity index (χ2n) is 4.95. The van der Waals surface area contributed by atoms with Gasteiger partial charge in [0.25, 0.3) is 0 Å². The van der Waals surface area contributed by atoms with Gasteiger partial charge < -0.3 is 9.73 Å². The molecule has 4 heteroatoms. The Bertz CT molecular complexity index is 318. The first-order chi connectivity index (χ1) is 7.74. The van der Waals surface area contributed by atoms with Crippen molar-refractivity contribution in [2.75, 3.05) is 6.54 Å². The number of aromatic nitrogens is 2. The lowest BCUT2D eigenvalue weighted by atomic mass is 10.3. The van der Waals surface area contributed by atoms with Crippen LogP contribution in [0.3, 0.4) is 0 Å². The molecule has 16 heavy (non-hydrogen) atoms. The maximum absolute atomic E-state index is 5.59. The summed E-state index contributed by atoms with van der Waals surface area (Å²) in [4.78, 5) is 0. The van der Waals surface area contributed by atoms with Crippen LogP contribution in [0.15, 0.2) is 4.42 Å². The molecule has 1 aliphatic carbocycles. The Morgan fingerprint density at radius 1 is 1.31 bits per heavy atom. The molecular formula is C12H21N3O. The molecule has 2 rings (SSSR count). The SMILES string of the molecule is CC(C)NCCCc1nnc(CC2CC2)o1. The lowest BCUT2D eigenvalue weighted by molar-refractivity contribution is 0.432. The van der Waals surface area contributed by atoms with E-state index in [1.165, 1.54) is 12.8 Å². The fourth-order valence-corrected chi connectivity index (χ4v) is 1.67. The van der Waals surface area contributed by atoms with E-state index in [1.807, 2.05) is 0 Å². The van der Waals surface area contributed by atoms with Crippen LogP contribution in [0, 0.1) is 5.92 Å². The summed E-state index contributed by atoms with van der Waals surface area (Å²) in [6, 6.07) is 0.549. The van der Waals surface area contributed by atoms with Crippen LogP contribution in [0.1, 0.15) is 44.9 Å². The van der Waals surface area contributed by atoms with Crippen LogP contribution in [0.4, 0.5) is 0 Å². The number of hydrogen-bond acceptors (Lipinski definition) is 4.